The van der Waals surface area contributed by atoms with Crippen LogP contribution in [-0.4, -0.2) is 70.9 Å². The number of hydrogen-bond donors (Lipinski definition) is 9. The highest BCUT2D eigenvalue weighted by Gasteiger charge is 2.31. The quantitative estimate of drug-likeness (QED) is 0.0795. The number of benzene rings is 2. The Morgan fingerprint density at radius 1 is 0.644 bits per heavy atom. The van der Waals surface area contributed by atoms with E-state index in [0.717, 1.165) is 32.9 Å². The minimum Gasteiger partial charge on any atom is -0.368 e. The summed E-state index contributed by atoms with van der Waals surface area (Å²) in [5.74, 6) is -2.38. The van der Waals surface area contributed by atoms with Crippen molar-refractivity contribution in [3.05, 3.63) is 72.1 Å². The number of aromatic nitrogens is 2. The normalized spacial score (nSPS) is 14.0. The molecule has 0 aliphatic heterocycles. The van der Waals surface area contributed by atoms with Crippen molar-refractivity contribution in [1.82, 2.24) is 25.9 Å². The van der Waals surface area contributed by atoms with Crippen LogP contribution in [0.3, 0.4) is 0 Å². The van der Waals surface area contributed by atoms with Gasteiger partial charge in [-0.1, -0.05) is 36.4 Å². The van der Waals surface area contributed by atoms with E-state index in [-0.39, 0.29) is 19.3 Å². The standard InChI is InChI=1S/C32H43N9O4/c33-13-5-9-23(35)30(43)39-26(12-6-14-34)31(44)41-28(16-20-18-38-25-11-4-2-8-22(20)25)32(45)40-27(29(36)42)15-19-17-37-24-10-3-1-7-21(19)24/h1-4,7-8,10-11,17-18,23,26-28,37-38H,5-6,9,12-16,33-35H2,(H2,36,42)(H,39,43)(H,40,45)(H,41,44)/t23-,26-,27-,28-/m0/s1. The smallest absolute Gasteiger partial charge is 0.243 e. The molecule has 0 saturated carbocycles. The van der Waals surface area contributed by atoms with Crippen LogP contribution in [0, 0.1) is 0 Å². The molecule has 2 heterocycles. The van der Waals surface area contributed by atoms with Gasteiger partial charge in [0.2, 0.25) is 23.6 Å². The van der Waals surface area contributed by atoms with Crippen LogP contribution < -0.4 is 38.9 Å². The van der Waals surface area contributed by atoms with Crippen LogP contribution in [0.2, 0.25) is 0 Å². The summed E-state index contributed by atoms with van der Waals surface area (Å²) in [5.41, 5.74) is 26.3. The first-order valence-corrected chi connectivity index (χ1v) is 15.2. The number of carbonyl (C=O) groups is 4. The van der Waals surface area contributed by atoms with E-state index < -0.39 is 47.8 Å². The molecule has 4 aromatic rings. The van der Waals surface area contributed by atoms with Crippen LogP contribution in [0.5, 0.6) is 0 Å². The first-order valence-electron chi connectivity index (χ1n) is 15.2. The van der Waals surface area contributed by atoms with Gasteiger partial charge in [-0.25, -0.2) is 0 Å². The van der Waals surface area contributed by atoms with Gasteiger partial charge in [0, 0.05) is 47.0 Å². The van der Waals surface area contributed by atoms with Gasteiger partial charge in [-0.05, 0) is 62.0 Å². The Morgan fingerprint density at radius 3 is 1.67 bits per heavy atom. The topological polar surface area (TPSA) is 240 Å². The molecule has 0 unspecified atom stereocenters. The van der Waals surface area contributed by atoms with Crippen molar-refractivity contribution in [2.45, 2.75) is 62.7 Å². The maximum Gasteiger partial charge on any atom is 0.243 e. The van der Waals surface area contributed by atoms with Gasteiger partial charge in [-0.2, -0.15) is 0 Å². The number of fused-ring (bicyclic) bond motifs is 2. The number of primary amides is 1. The van der Waals surface area contributed by atoms with Crippen LogP contribution in [0.15, 0.2) is 60.9 Å². The molecular formula is C32H43N9O4. The monoisotopic (exact) mass is 617 g/mol. The summed E-state index contributed by atoms with van der Waals surface area (Å²) in [4.78, 5) is 59.2. The first kappa shape index (κ1) is 33.2. The van der Waals surface area contributed by atoms with Gasteiger partial charge in [0.1, 0.15) is 18.1 Å². The van der Waals surface area contributed by atoms with Gasteiger partial charge < -0.3 is 48.9 Å². The predicted octanol–water partition coefficient (Wildman–Crippen LogP) is 0.179. The van der Waals surface area contributed by atoms with Crippen molar-refractivity contribution in [3.8, 4) is 0 Å². The fourth-order valence-corrected chi connectivity index (χ4v) is 5.36. The maximum atomic E-state index is 13.8. The van der Waals surface area contributed by atoms with Crippen LogP contribution in [0.25, 0.3) is 21.8 Å². The first-order chi connectivity index (χ1) is 21.7. The molecule has 0 bridgehead atoms. The molecule has 0 aliphatic rings. The Morgan fingerprint density at radius 2 is 1.11 bits per heavy atom. The van der Waals surface area contributed by atoms with E-state index >= 15 is 0 Å². The number of amides is 4. The van der Waals surface area contributed by atoms with E-state index in [1.54, 1.807) is 12.4 Å². The van der Waals surface area contributed by atoms with Crippen molar-refractivity contribution in [2.24, 2.45) is 22.9 Å². The molecule has 13 N–H and O–H groups in total. The number of hydrogen-bond acceptors (Lipinski definition) is 7. The molecule has 0 spiro atoms. The summed E-state index contributed by atoms with van der Waals surface area (Å²) in [6, 6.07) is 11.2. The van der Waals surface area contributed by atoms with Crippen LogP contribution in [0.4, 0.5) is 0 Å². The lowest BCUT2D eigenvalue weighted by Gasteiger charge is -2.25. The zero-order valence-electron chi connectivity index (χ0n) is 25.2. The molecule has 4 amide bonds. The largest absolute Gasteiger partial charge is 0.368 e. The molecule has 45 heavy (non-hydrogen) atoms. The highest BCUT2D eigenvalue weighted by molar-refractivity contribution is 5.95. The second kappa shape index (κ2) is 15.8. The lowest BCUT2D eigenvalue weighted by Crippen LogP contribution is -2.58. The summed E-state index contributed by atoms with van der Waals surface area (Å²) < 4.78 is 0. The minimum absolute atomic E-state index is 0.105. The molecule has 240 valence electrons. The Balaban J connectivity index is 1.57. The van der Waals surface area contributed by atoms with Crippen LogP contribution in [-0.2, 0) is 32.0 Å². The maximum absolute atomic E-state index is 13.8. The zero-order chi connectivity index (χ0) is 32.3. The van der Waals surface area contributed by atoms with Gasteiger partial charge >= 0.3 is 0 Å². The molecular weight excluding hydrogens is 574 g/mol. The Kier molecular flexibility index (Phi) is 11.7. The summed E-state index contributed by atoms with van der Waals surface area (Å²) in [7, 11) is 0. The third-order valence-electron chi connectivity index (χ3n) is 7.88. The molecule has 0 fully saturated rings. The van der Waals surface area contributed by atoms with Crippen LogP contribution in [0.1, 0.15) is 36.8 Å². The fraction of sp³-hybridized carbons (Fsp3) is 0.375. The van der Waals surface area contributed by atoms with Crippen molar-refractivity contribution < 1.29 is 19.2 Å². The van der Waals surface area contributed by atoms with Crippen molar-refractivity contribution >= 4 is 45.4 Å². The summed E-state index contributed by atoms with van der Waals surface area (Å²) >= 11 is 0. The predicted molar refractivity (Wildman–Crippen MR) is 174 cm³/mol. The molecule has 13 heteroatoms. The molecule has 4 rings (SSSR count). The second-order valence-electron chi connectivity index (χ2n) is 11.2. The van der Waals surface area contributed by atoms with Gasteiger partial charge in [0.25, 0.3) is 0 Å². The average molecular weight is 618 g/mol. The molecule has 2 aromatic carbocycles. The minimum atomic E-state index is -1.11. The van der Waals surface area contributed by atoms with E-state index in [9.17, 15) is 19.2 Å². The lowest BCUT2D eigenvalue weighted by molar-refractivity contribution is -0.133. The Bertz CT molecular complexity index is 1610. The third-order valence-corrected chi connectivity index (χ3v) is 7.88. The SMILES string of the molecule is NCCC[C@H](NC(=O)[C@@H](N)CCCN)C(=O)N[C@@H](Cc1c[nH]c2ccccc12)C(=O)N[C@@H](Cc1c[nH]c2ccccc12)C(N)=O. The van der Waals surface area contributed by atoms with E-state index in [1.807, 2.05) is 48.5 Å². The zero-order valence-corrected chi connectivity index (χ0v) is 25.2. The number of nitrogens with one attached hydrogen (secondary N) is 5. The molecule has 0 aliphatic carbocycles. The van der Waals surface area contributed by atoms with Gasteiger partial charge in [-0.15, -0.1) is 0 Å². The average Bonchev–Trinajstić information content (AvgIpc) is 3.64. The summed E-state index contributed by atoms with van der Waals surface area (Å²) in [6.07, 6.45) is 5.42. The van der Waals surface area contributed by atoms with E-state index in [1.165, 1.54) is 0 Å². The summed E-state index contributed by atoms with van der Waals surface area (Å²) in [6.45, 7) is 0.682. The van der Waals surface area contributed by atoms with E-state index in [0.29, 0.717) is 32.4 Å². The van der Waals surface area contributed by atoms with Crippen molar-refractivity contribution in [3.63, 3.8) is 0 Å². The van der Waals surface area contributed by atoms with Crippen LogP contribution >= 0.6 is 0 Å². The molecule has 4 atom stereocenters. The number of nitrogens with two attached hydrogens (primary N) is 4. The van der Waals surface area contributed by atoms with Gasteiger partial charge in [0.15, 0.2) is 0 Å². The van der Waals surface area contributed by atoms with Crippen molar-refractivity contribution in [2.75, 3.05) is 13.1 Å². The highest BCUT2D eigenvalue weighted by atomic mass is 16.2. The van der Waals surface area contributed by atoms with E-state index in [4.69, 9.17) is 22.9 Å². The summed E-state index contributed by atoms with van der Waals surface area (Å²) in [5, 5.41) is 10.1. The Labute approximate surface area is 261 Å². The van der Waals surface area contributed by atoms with E-state index in [2.05, 4.69) is 25.9 Å². The molecule has 13 nitrogen and oxygen atoms in total. The number of aromatic amines is 2. The van der Waals surface area contributed by atoms with Crippen molar-refractivity contribution in [1.29, 1.82) is 0 Å². The fourth-order valence-electron chi connectivity index (χ4n) is 5.36. The molecule has 2 aromatic heterocycles. The van der Waals surface area contributed by atoms with Gasteiger partial charge in [0.05, 0.1) is 6.04 Å². The third kappa shape index (κ3) is 8.69. The lowest BCUT2D eigenvalue weighted by atomic mass is 10.0. The second-order valence-corrected chi connectivity index (χ2v) is 11.2. The molecule has 0 saturated heterocycles. The Hall–Kier alpha value is -4.72. The molecule has 0 radical (unpaired) electrons. The number of para-hydroxylation sites is 2. The highest BCUT2D eigenvalue weighted by Crippen LogP contribution is 2.21. The number of carbonyl (C=O) groups excluding carboxylic acids is 4. The number of H-pyrrole nitrogens is 2. The number of rotatable bonds is 17. The van der Waals surface area contributed by atoms with Gasteiger partial charge in [-0.3, -0.25) is 19.2 Å².